The Morgan fingerprint density at radius 3 is 2.49 bits per heavy atom. The van der Waals surface area contributed by atoms with Gasteiger partial charge in [0, 0.05) is 57.0 Å². The molecule has 1 N–H and O–H groups in total. The first kappa shape index (κ1) is 28.0. The van der Waals surface area contributed by atoms with Crippen molar-refractivity contribution in [1.29, 1.82) is 0 Å². The zero-order valence-electron chi connectivity index (χ0n) is 21.7. The van der Waals surface area contributed by atoms with Crippen molar-refractivity contribution in [3.8, 4) is 0 Å². The van der Waals surface area contributed by atoms with Crippen LogP contribution in [0.2, 0.25) is 0 Å². The van der Waals surface area contributed by atoms with Crippen LogP contribution in [0.5, 0.6) is 0 Å². The molecule has 0 spiro atoms. The Morgan fingerprint density at radius 2 is 1.79 bits per heavy atom. The summed E-state index contributed by atoms with van der Waals surface area (Å²) in [5.41, 5.74) is -0.556. The minimum atomic E-state index is -4.65. The molecular weight excluding hydrogens is 515 g/mol. The van der Waals surface area contributed by atoms with Crippen molar-refractivity contribution in [3.63, 3.8) is 0 Å². The molecule has 2 aromatic heterocycles. The SMILES string of the molecule is CCCN(C)C(=O)CN1CCN(C(=O)Cn2cc3cc(NC(=O)c4cccc(C(F)(F)F)n4)ccc3n2)CC1. The number of nitrogens with one attached hydrogen (secondary N) is 1. The summed E-state index contributed by atoms with van der Waals surface area (Å²) in [5, 5.41) is 7.61. The maximum atomic E-state index is 12.9. The summed E-state index contributed by atoms with van der Waals surface area (Å²) in [5.74, 6) is -0.802. The van der Waals surface area contributed by atoms with Gasteiger partial charge in [-0.1, -0.05) is 13.0 Å². The Balaban J connectivity index is 1.33. The molecular formula is C26H30F3N7O3. The van der Waals surface area contributed by atoms with Gasteiger partial charge >= 0.3 is 6.18 Å². The number of nitrogens with zero attached hydrogens (tertiary/aromatic N) is 6. The van der Waals surface area contributed by atoms with Crippen LogP contribution in [0.3, 0.4) is 0 Å². The average Bonchev–Trinajstić information content (AvgIpc) is 3.30. The van der Waals surface area contributed by atoms with E-state index < -0.39 is 17.8 Å². The van der Waals surface area contributed by atoms with Crippen LogP contribution >= 0.6 is 0 Å². The van der Waals surface area contributed by atoms with Crippen molar-refractivity contribution in [2.75, 3.05) is 51.6 Å². The zero-order chi connectivity index (χ0) is 28.2. The van der Waals surface area contributed by atoms with Gasteiger partial charge in [0.25, 0.3) is 5.91 Å². The first-order valence-corrected chi connectivity index (χ1v) is 12.6. The van der Waals surface area contributed by atoms with Gasteiger partial charge in [-0.05, 0) is 36.8 Å². The van der Waals surface area contributed by atoms with Crippen LogP contribution < -0.4 is 5.32 Å². The Morgan fingerprint density at radius 1 is 1.05 bits per heavy atom. The topological polar surface area (TPSA) is 104 Å². The molecule has 3 amide bonds. The molecule has 3 heterocycles. The van der Waals surface area contributed by atoms with E-state index in [2.05, 4.69) is 15.4 Å². The highest BCUT2D eigenvalue weighted by atomic mass is 19.4. The van der Waals surface area contributed by atoms with E-state index in [0.717, 1.165) is 25.1 Å². The first-order chi connectivity index (χ1) is 18.5. The number of piperazine rings is 1. The Hall–Kier alpha value is -4.00. The smallest absolute Gasteiger partial charge is 0.345 e. The highest BCUT2D eigenvalue weighted by Gasteiger charge is 2.33. The highest BCUT2D eigenvalue weighted by Crippen LogP contribution is 2.27. The van der Waals surface area contributed by atoms with E-state index in [4.69, 9.17) is 0 Å². The molecule has 13 heteroatoms. The van der Waals surface area contributed by atoms with E-state index in [-0.39, 0.29) is 24.1 Å². The lowest BCUT2D eigenvalue weighted by Crippen LogP contribution is -2.51. The minimum Gasteiger partial charge on any atom is -0.345 e. The van der Waals surface area contributed by atoms with Crippen molar-refractivity contribution in [3.05, 3.63) is 54.0 Å². The van der Waals surface area contributed by atoms with Crippen molar-refractivity contribution in [2.24, 2.45) is 0 Å². The maximum Gasteiger partial charge on any atom is 0.433 e. The molecule has 1 aliphatic rings. The number of hydrogen-bond acceptors (Lipinski definition) is 6. The van der Waals surface area contributed by atoms with E-state index in [9.17, 15) is 27.6 Å². The summed E-state index contributed by atoms with van der Waals surface area (Å²) >= 11 is 0. The van der Waals surface area contributed by atoms with E-state index in [1.807, 2.05) is 11.8 Å². The van der Waals surface area contributed by atoms with Crippen molar-refractivity contribution < 1.29 is 27.6 Å². The largest absolute Gasteiger partial charge is 0.433 e. The van der Waals surface area contributed by atoms with Gasteiger partial charge in [0.2, 0.25) is 11.8 Å². The van der Waals surface area contributed by atoms with Crippen LogP contribution in [-0.4, -0.2) is 93.5 Å². The summed E-state index contributed by atoms with van der Waals surface area (Å²) in [6.45, 7) is 5.37. The molecule has 0 saturated carbocycles. The second kappa shape index (κ2) is 11.8. The summed E-state index contributed by atoms with van der Waals surface area (Å²) in [6, 6.07) is 7.98. The van der Waals surface area contributed by atoms with Crippen LogP contribution in [0.4, 0.5) is 18.9 Å². The number of hydrogen-bond donors (Lipinski definition) is 1. The quantitative estimate of drug-likeness (QED) is 0.467. The number of benzene rings is 1. The van der Waals surface area contributed by atoms with Gasteiger partial charge in [-0.25, -0.2) is 4.98 Å². The molecule has 1 saturated heterocycles. The summed E-state index contributed by atoms with van der Waals surface area (Å²) < 4.78 is 40.2. The lowest BCUT2D eigenvalue weighted by molar-refractivity contribution is -0.141. The number of amides is 3. The molecule has 3 aromatic rings. The molecule has 1 aliphatic heterocycles. The Kier molecular flexibility index (Phi) is 8.48. The van der Waals surface area contributed by atoms with Crippen LogP contribution in [0, 0.1) is 0 Å². The maximum absolute atomic E-state index is 12.9. The number of likely N-dealkylation sites (N-methyl/N-ethyl adjacent to an activating group) is 1. The van der Waals surface area contributed by atoms with Gasteiger partial charge < -0.3 is 15.1 Å². The van der Waals surface area contributed by atoms with Gasteiger partial charge in [0.05, 0.1) is 12.1 Å². The van der Waals surface area contributed by atoms with E-state index in [1.165, 1.54) is 10.7 Å². The van der Waals surface area contributed by atoms with Gasteiger partial charge in [-0.2, -0.15) is 18.3 Å². The number of carbonyl (C=O) groups excluding carboxylic acids is 3. The molecule has 0 bridgehead atoms. The van der Waals surface area contributed by atoms with Crippen LogP contribution in [0.25, 0.3) is 10.9 Å². The van der Waals surface area contributed by atoms with Gasteiger partial charge in [0.15, 0.2) is 0 Å². The zero-order valence-corrected chi connectivity index (χ0v) is 21.7. The molecule has 1 aromatic carbocycles. The number of rotatable bonds is 8. The molecule has 1 fully saturated rings. The third kappa shape index (κ3) is 7.11. The number of fused-ring (bicyclic) bond motifs is 1. The molecule has 0 aliphatic carbocycles. The third-order valence-corrected chi connectivity index (χ3v) is 6.45. The lowest BCUT2D eigenvalue weighted by atomic mass is 10.2. The predicted molar refractivity (Wildman–Crippen MR) is 138 cm³/mol. The van der Waals surface area contributed by atoms with E-state index >= 15 is 0 Å². The van der Waals surface area contributed by atoms with Gasteiger partial charge in [-0.3, -0.25) is 24.0 Å². The second-order valence-corrected chi connectivity index (χ2v) is 9.43. The molecule has 10 nitrogen and oxygen atoms in total. The number of pyridine rings is 1. The summed E-state index contributed by atoms with van der Waals surface area (Å²) in [4.78, 5) is 46.5. The van der Waals surface area contributed by atoms with Crippen molar-refractivity contribution >= 4 is 34.3 Å². The van der Waals surface area contributed by atoms with Crippen molar-refractivity contribution in [2.45, 2.75) is 26.1 Å². The van der Waals surface area contributed by atoms with Crippen LogP contribution in [-0.2, 0) is 22.3 Å². The van der Waals surface area contributed by atoms with E-state index in [0.29, 0.717) is 49.3 Å². The number of aromatic nitrogens is 3. The Bertz CT molecular complexity index is 1350. The van der Waals surface area contributed by atoms with Gasteiger partial charge in [-0.15, -0.1) is 0 Å². The number of anilines is 1. The predicted octanol–water partition coefficient (Wildman–Crippen LogP) is 2.72. The van der Waals surface area contributed by atoms with Crippen LogP contribution in [0.15, 0.2) is 42.6 Å². The summed E-state index contributed by atoms with van der Waals surface area (Å²) in [7, 11) is 1.80. The van der Waals surface area contributed by atoms with E-state index in [1.54, 1.807) is 41.2 Å². The number of halogens is 3. The average molecular weight is 546 g/mol. The molecule has 0 radical (unpaired) electrons. The minimum absolute atomic E-state index is 0.0305. The lowest BCUT2D eigenvalue weighted by Gasteiger charge is -2.35. The number of alkyl halides is 3. The molecule has 0 unspecified atom stereocenters. The summed E-state index contributed by atoms with van der Waals surface area (Å²) in [6.07, 6.45) is -2.08. The van der Waals surface area contributed by atoms with Gasteiger partial charge in [0.1, 0.15) is 17.9 Å². The molecule has 208 valence electrons. The highest BCUT2D eigenvalue weighted by molar-refractivity contribution is 6.03. The number of carbonyl (C=O) groups is 3. The standard InChI is InChI=1S/C26H30F3N7O3/c1-3-9-33(2)23(37)16-34-10-12-35(13-11-34)24(38)17-36-15-18-14-19(7-8-20(18)32-36)30-25(39)21-5-4-6-22(31-21)26(27,28)29/h4-8,14-15H,3,9-13,16-17H2,1-2H3,(H,30,39). The molecule has 0 atom stereocenters. The fourth-order valence-corrected chi connectivity index (χ4v) is 4.32. The fourth-order valence-electron chi connectivity index (χ4n) is 4.32. The molecule has 39 heavy (non-hydrogen) atoms. The molecule has 4 rings (SSSR count). The van der Waals surface area contributed by atoms with Crippen molar-refractivity contribution in [1.82, 2.24) is 29.5 Å². The first-order valence-electron chi connectivity index (χ1n) is 12.6. The fraction of sp³-hybridized carbons (Fsp3) is 0.423. The Labute approximate surface area is 223 Å². The normalized spacial score (nSPS) is 14.4. The van der Waals surface area contributed by atoms with Crippen LogP contribution in [0.1, 0.15) is 29.5 Å². The second-order valence-electron chi connectivity index (χ2n) is 9.43. The third-order valence-electron chi connectivity index (χ3n) is 6.45. The monoisotopic (exact) mass is 545 g/mol.